The van der Waals surface area contributed by atoms with Crippen molar-refractivity contribution in [3.8, 4) is 0 Å². The van der Waals surface area contributed by atoms with Crippen LogP contribution >= 0.6 is 0 Å². The molecule has 3 heterocycles. The number of fused-ring (bicyclic) bond motifs is 2. The Hall–Kier alpha value is -4.27. The van der Waals surface area contributed by atoms with Gasteiger partial charge in [0.15, 0.2) is 11.2 Å². The number of nitro groups is 1. The maximum Gasteiger partial charge on any atom is 0.296 e. The summed E-state index contributed by atoms with van der Waals surface area (Å²) >= 11 is 0. The van der Waals surface area contributed by atoms with Gasteiger partial charge in [-0.25, -0.2) is 0 Å². The molecule has 0 bridgehead atoms. The van der Waals surface area contributed by atoms with Gasteiger partial charge in [0.2, 0.25) is 5.76 Å². The Morgan fingerprint density at radius 2 is 1.83 bits per heavy atom. The molecule has 1 aliphatic heterocycles. The third-order valence-electron chi connectivity index (χ3n) is 5.06. The van der Waals surface area contributed by atoms with Gasteiger partial charge in [-0.3, -0.25) is 24.6 Å². The molecule has 0 N–H and O–H groups in total. The van der Waals surface area contributed by atoms with Crippen LogP contribution in [0.15, 0.2) is 68.3 Å². The molecule has 1 atom stereocenters. The highest BCUT2D eigenvalue weighted by Crippen LogP contribution is 2.41. The van der Waals surface area contributed by atoms with E-state index in [1.807, 2.05) is 0 Å². The first kappa shape index (κ1) is 17.8. The first-order valence-electron chi connectivity index (χ1n) is 9.02. The van der Waals surface area contributed by atoms with E-state index in [0.717, 1.165) is 0 Å². The minimum Gasteiger partial charge on any atom is -0.450 e. The summed E-state index contributed by atoms with van der Waals surface area (Å²) in [6, 6.07) is 13.1. The zero-order valence-corrected chi connectivity index (χ0v) is 15.6. The third kappa shape index (κ3) is 2.52. The van der Waals surface area contributed by atoms with E-state index in [4.69, 9.17) is 8.94 Å². The number of para-hydroxylation sites is 1. The van der Waals surface area contributed by atoms with E-state index in [9.17, 15) is 19.7 Å². The highest BCUT2D eigenvalue weighted by molar-refractivity contribution is 6.10. The number of hydrogen-bond donors (Lipinski definition) is 0. The topological polar surface area (TPSA) is 120 Å². The quantitative estimate of drug-likeness (QED) is 0.377. The van der Waals surface area contributed by atoms with Gasteiger partial charge in [0.25, 0.3) is 11.6 Å². The molecule has 2 aromatic heterocycles. The van der Waals surface area contributed by atoms with Crippen LogP contribution in [0.4, 0.5) is 11.5 Å². The number of rotatable bonds is 3. The Morgan fingerprint density at radius 1 is 1.10 bits per heavy atom. The Kier molecular flexibility index (Phi) is 3.78. The SMILES string of the molecule is Cc1cc(N2C(=O)c3oc4ccccc4c(=O)c3[C@H]2c2ccc([N+](=O)[O-])cc2)no1. The van der Waals surface area contributed by atoms with Crippen LogP contribution in [0.5, 0.6) is 0 Å². The molecule has 0 unspecified atom stereocenters. The zero-order valence-electron chi connectivity index (χ0n) is 15.6. The molecule has 1 aliphatic rings. The molecule has 0 spiro atoms. The van der Waals surface area contributed by atoms with Gasteiger partial charge in [0.1, 0.15) is 11.3 Å². The van der Waals surface area contributed by atoms with E-state index in [2.05, 4.69) is 5.16 Å². The van der Waals surface area contributed by atoms with Gasteiger partial charge < -0.3 is 8.94 Å². The maximum absolute atomic E-state index is 13.3. The molecule has 5 rings (SSSR count). The van der Waals surface area contributed by atoms with Gasteiger partial charge in [-0.15, -0.1) is 0 Å². The van der Waals surface area contributed by atoms with Crippen LogP contribution in [0, 0.1) is 17.0 Å². The Morgan fingerprint density at radius 3 is 2.50 bits per heavy atom. The molecule has 2 aromatic carbocycles. The number of aromatic nitrogens is 1. The molecule has 148 valence electrons. The summed E-state index contributed by atoms with van der Waals surface area (Å²) < 4.78 is 10.9. The largest absolute Gasteiger partial charge is 0.450 e. The van der Waals surface area contributed by atoms with E-state index in [1.54, 1.807) is 37.3 Å². The van der Waals surface area contributed by atoms with Gasteiger partial charge in [0, 0.05) is 18.2 Å². The Balaban J connectivity index is 1.78. The third-order valence-corrected chi connectivity index (χ3v) is 5.06. The fourth-order valence-electron chi connectivity index (χ4n) is 3.72. The average molecular weight is 403 g/mol. The molecule has 0 fully saturated rings. The lowest BCUT2D eigenvalue weighted by molar-refractivity contribution is -0.384. The number of nitro benzene ring substituents is 1. The molecular formula is C21H13N3O6. The van der Waals surface area contributed by atoms with Crippen LogP contribution in [0.25, 0.3) is 11.0 Å². The van der Waals surface area contributed by atoms with Crippen molar-refractivity contribution in [2.24, 2.45) is 0 Å². The summed E-state index contributed by atoms with van der Waals surface area (Å²) in [6.45, 7) is 1.68. The second-order valence-corrected chi connectivity index (χ2v) is 6.89. The Bertz CT molecular complexity index is 1390. The van der Waals surface area contributed by atoms with Crippen molar-refractivity contribution >= 4 is 28.4 Å². The Labute approximate surface area is 168 Å². The first-order chi connectivity index (χ1) is 14.5. The molecule has 0 saturated heterocycles. The lowest BCUT2D eigenvalue weighted by Crippen LogP contribution is -2.29. The zero-order chi connectivity index (χ0) is 21.0. The molecule has 1 amide bonds. The summed E-state index contributed by atoms with van der Waals surface area (Å²) in [5.41, 5.74) is 0.531. The smallest absolute Gasteiger partial charge is 0.296 e. The van der Waals surface area contributed by atoms with Gasteiger partial charge >= 0.3 is 0 Å². The lowest BCUT2D eigenvalue weighted by atomic mass is 9.98. The van der Waals surface area contributed by atoms with Crippen LogP contribution in [0.3, 0.4) is 0 Å². The number of carbonyl (C=O) groups excluding carboxylic acids is 1. The van der Waals surface area contributed by atoms with Crippen molar-refractivity contribution in [1.29, 1.82) is 0 Å². The van der Waals surface area contributed by atoms with E-state index in [1.165, 1.54) is 29.2 Å². The monoisotopic (exact) mass is 403 g/mol. The van der Waals surface area contributed by atoms with E-state index in [-0.39, 0.29) is 28.3 Å². The van der Waals surface area contributed by atoms with Crippen LogP contribution in [0.1, 0.15) is 33.5 Å². The van der Waals surface area contributed by atoms with E-state index >= 15 is 0 Å². The first-order valence-corrected chi connectivity index (χ1v) is 9.02. The van der Waals surface area contributed by atoms with Crippen LogP contribution in [-0.4, -0.2) is 16.0 Å². The highest BCUT2D eigenvalue weighted by atomic mass is 16.6. The van der Waals surface area contributed by atoms with Crippen molar-refractivity contribution in [2.45, 2.75) is 13.0 Å². The van der Waals surface area contributed by atoms with Crippen LogP contribution < -0.4 is 10.3 Å². The van der Waals surface area contributed by atoms with Gasteiger partial charge in [-0.1, -0.05) is 17.3 Å². The summed E-state index contributed by atoms with van der Waals surface area (Å²) in [7, 11) is 0. The summed E-state index contributed by atoms with van der Waals surface area (Å²) in [4.78, 5) is 38.4. The summed E-state index contributed by atoms with van der Waals surface area (Å²) in [6.07, 6.45) is 0. The number of carbonyl (C=O) groups is 1. The van der Waals surface area contributed by atoms with E-state index in [0.29, 0.717) is 22.3 Å². The van der Waals surface area contributed by atoms with Crippen LogP contribution in [-0.2, 0) is 0 Å². The molecule has 30 heavy (non-hydrogen) atoms. The molecular weight excluding hydrogens is 390 g/mol. The maximum atomic E-state index is 13.3. The number of hydrogen-bond acceptors (Lipinski definition) is 7. The van der Waals surface area contributed by atoms with Crippen molar-refractivity contribution in [3.05, 3.63) is 97.6 Å². The number of nitrogens with zero attached hydrogens (tertiary/aromatic N) is 3. The van der Waals surface area contributed by atoms with Crippen molar-refractivity contribution in [1.82, 2.24) is 5.16 Å². The van der Waals surface area contributed by atoms with Crippen molar-refractivity contribution in [3.63, 3.8) is 0 Å². The van der Waals surface area contributed by atoms with Gasteiger partial charge in [-0.05, 0) is 36.8 Å². The van der Waals surface area contributed by atoms with Crippen molar-refractivity contribution in [2.75, 3.05) is 4.90 Å². The average Bonchev–Trinajstić information content (AvgIpc) is 3.29. The standard InChI is InChI=1S/C21H13N3O6/c1-11-10-16(22-30-11)23-18(12-6-8-13(9-7-12)24(27)28)17-19(25)14-4-2-3-5-15(14)29-20(17)21(23)26/h2-10,18H,1H3/t18-/m1/s1. The highest BCUT2D eigenvalue weighted by Gasteiger charge is 2.44. The minimum absolute atomic E-state index is 0.0808. The lowest BCUT2D eigenvalue weighted by Gasteiger charge is -2.22. The van der Waals surface area contributed by atoms with Crippen molar-refractivity contribution < 1.29 is 18.7 Å². The number of benzene rings is 2. The molecule has 9 nitrogen and oxygen atoms in total. The second kappa shape index (κ2) is 6.38. The number of amides is 1. The number of aryl methyl sites for hydroxylation is 1. The summed E-state index contributed by atoms with van der Waals surface area (Å²) in [5, 5.41) is 15.3. The van der Waals surface area contributed by atoms with Gasteiger partial charge in [0.05, 0.1) is 21.9 Å². The van der Waals surface area contributed by atoms with Gasteiger partial charge in [-0.2, -0.15) is 0 Å². The molecule has 0 radical (unpaired) electrons. The predicted octanol–water partition coefficient (Wildman–Crippen LogP) is 3.75. The molecule has 9 heteroatoms. The second-order valence-electron chi connectivity index (χ2n) is 6.89. The molecule has 4 aromatic rings. The predicted molar refractivity (Wildman–Crippen MR) is 105 cm³/mol. The van der Waals surface area contributed by atoms with E-state index < -0.39 is 16.9 Å². The fourth-order valence-corrected chi connectivity index (χ4v) is 3.72. The minimum atomic E-state index is -0.862. The fraction of sp³-hybridized carbons (Fsp3) is 0.0952. The number of non-ortho nitro benzene ring substituents is 1. The number of anilines is 1. The normalized spacial score (nSPS) is 15.6. The molecule has 0 aliphatic carbocycles. The summed E-state index contributed by atoms with van der Waals surface area (Å²) in [5.74, 6) is 0.0866. The molecule has 0 saturated carbocycles. The van der Waals surface area contributed by atoms with Crippen LogP contribution in [0.2, 0.25) is 0 Å².